The summed E-state index contributed by atoms with van der Waals surface area (Å²) >= 11 is 0. The minimum Gasteiger partial charge on any atom is -1.00 e. The van der Waals surface area contributed by atoms with Gasteiger partial charge in [0.05, 0.1) is 0 Å². The smallest absolute Gasteiger partial charge is 1.00 e. The van der Waals surface area contributed by atoms with Crippen molar-refractivity contribution in [3.8, 4) is 0 Å². The summed E-state index contributed by atoms with van der Waals surface area (Å²) in [5.74, 6) is 0. The van der Waals surface area contributed by atoms with Gasteiger partial charge in [0.15, 0.2) is 0 Å². The van der Waals surface area contributed by atoms with Crippen LogP contribution < -0.4 is 59.1 Å². The number of hydrogen-bond acceptors (Lipinski definition) is 1. The standard InChI is InChI=1S/2Na.HO2P.H/c;;1-3-2;/h;;(H,1,2);/q2*+1;;-1. The first kappa shape index (κ1) is 15.7. The molecule has 0 unspecified atom stereocenters. The molecule has 0 aliphatic carbocycles. The van der Waals surface area contributed by atoms with E-state index < -0.39 is 8.69 Å². The fraction of sp³-hybridized carbons (Fsp3) is 0. The van der Waals surface area contributed by atoms with Crippen LogP contribution >= 0.6 is 8.69 Å². The van der Waals surface area contributed by atoms with Crippen molar-refractivity contribution in [2.45, 2.75) is 0 Å². The molecule has 0 rings (SSSR count). The van der Waals surface area contributed by atoms with Crippen LogP contribution in [-0.2, 0) is 4.57 Å². The Morgan fingerprint density at radius 1 is 1.60 bits per heavy atom. The molecule has 5 heteroatoms. The van der Waals surface area contributed by atoms with Gasteiger partial charge in [-0.15, -0.1) is 0 Å². The van der Waals surface area contributed by atoms with Crippen LogP contribution in [0, 0.1) is 0 Å². The summed E-state index contributed by atoms with van der Waals surface area (Å²) in [6.07, 6.45) is 0. The molecular formula is H2Na2O2P+. The van der Waals surface area contributed by atoms with Gasteiger partial charge in [0, 0.05) is 0 Å². The zero-order chi connectivity index (χ0) is 2.71. The Labute approximate surface area is 77.7 Å². The van der Waals surface area contributed by atoms with E-state index in [9.17, 15) is 0 Å². The van der Waals surface area contributed by atoms with Crippen molar-refractivity contribution in [2.75, 3.05) is 0 Å². The van der Waals surface area contributed by atoms with Gasteiger partial charge >= 0.3 is 67.8 Å². The van der Waals surface area contributed by atoms with Crippen molar-refractivity contribution < 1.29 is 70.0 Å². The summed E-state index contributed by atoms with van der Waals surface area (Å²) < 4.78 is 8.46. The molecule has 5 heavy (non-hydrogen) atoms. The van der Waals surface area contributed by atoms with Crippen molar-refractivity contribution in [3.05, 3.63) is 0 Å². The Morgan fingerprint density at radius 2 is 1.60 bits per heavy atom. The quantitative estimate of drug-likeness (QED) is 0.250. The molecule has 1 N–H and O–H groups in total. The van der Waals surface area contributed by atoms with Crippen LogP contribution in [-0.4, -0.2) is 4.89 Å². The van der Waals surface area contributed by atoms with Crippen LogP contribution in [0.4, 0.5) is 0 Å². The second-order valence-electron chi connectivity index (χ2n) is 0.0816. The fourth-order valence-electron chi connectivity index (χ4n) is 0. The maximum atomic E-state index is 8.46. The molecule has 0 saturated carbocycles. The summed E-state index contributed by atoms with van der Waals surface area (Å²) in [7, 11) is -0.833. The van der Waals surface area contributed by atoms with E-state index in [4.69, 9.17) is 9.46 Å². The maximum Gasteiger partial charge on any atom is 1.00 e. The molecule has 0 aromatic rings. The van der Waals surface area contributed by atoms with E-state index in [-0.39, 0.29) is 60.5 Å². The first-order valence-electron chi connectivity index (χ1n) is 0.383. The fourth-order valence-corrected chi connectivity index (χ4v) is 0. The van der Waals surface area contributed by atoms with Gasteiger partial charge < -0.3 is 6.32 Å². The average Bonchev–Trinajstić information content (AvgIpc) is 0.918. The van der Waals surface area contributed by atoms with Gasteiger partial charge in [0.1, 0.15) is 0 Å². The molecule has 0 aromatic carbocycles. The minimum absolute atomic E-state index is 0. The van der Waals surface area contributed by atoms with Crippen LogP contribution in [0.25, 0.3) is 0 Å². The van der Waals surface area contributed by atoms with Crippen LogP contribution in [0.3, 0.4) is 0 Å². The molecule has 0 heterocycles. The number of rotatable bonds is 0. The van der Waals surface area contributed by atoms with Crippen molar-refractivity contribution in [2.24, 2.45) is 0 Å². The van der Waals surface area contributed by atoms with Crippen molar-refractivity contribution in [3.63, 3.8) is 0 Å². The first-order valence-corrected chi connectivity index (χ1v) is 1.15. The third kappa shape index (κ3) is 23.5. The van der Waals surface area contributed by atoms with Crippen LogP contribution in [0.5, 0.6) is 0 Å². The van der Waals surface area contributed by atoms with Crippen LogP contribution in [0.2, 0.25) is 0 Å². The summed E-state index contributed by atoms with van der Waals surface area (Å²) in [5, 5.41) is 0. The monoisotopic (exact) mass is 111 g/mol. The van der Waals surface area contributed by atoms with E-state index in [1.165, 1.54) is 0 Å². The summed E-state index contributed by atoms with van der Waals surface area (Å²) in [6.45, 7) is 0. The van der Waals surface area contributed by atoms with Gasteiger partial charge in [-0.3, -0.25) is 0 Å². The molecule has 0 fully saturated rings. The predicted octanol–water partition coefficient (Wildman–Crippen LogP) is -5.69. The maximum absolute atomic E-state index is 8.46. The summed E-state index contributed by atoms with van der Waals surface area (Å²) in [5.41, 5.74) is 0. The summed E-state index contributed by atoms with van der Waals surface area (Å²) in [4.78, 5) is 6.99. The summed E-state index contributed by atoms with van der Waals surface area (Å²) in [6, 6.07) is 0. The molecule has 0 amide bonds. The molecule has 0 bridgehead atoms. The van der Waals surface area contributed by atoms with Gasteiger partial charge in [0.2, 0.25) is 0 Å². The molecule has 0 radical (unpaired) electrons. The second kappa shape index (κ2) is 16.6. The Balaban J connectivity index is -0.00000000667. The zero-order valence-corrected chi connectivity index (χ0v) is 8.20. The van der Waals surface area contributed by atoms with Gasteiger partial charge in [-0.1, -0.05) is 0 Å². The Hall–Kier alpha value is 2.06. The van der Waals surface area contributed by atoms with E-state index in [0.717, 1.165) is 0 Å². The third-order valence-electron chi connectivity index (χ3n) is 0. The Morgan fingerprint density at radius 3 is 1.60 bits per heavy atom. The second-order valence-corrected chi connectivity index (χ2v) is 0.245. The predicted molar refractivity (Wildman–Crippen MR) is 10.9 cm³/mol. The van der Waals surface area contributed by atoms with Crippen LogP contribution in [0.1, 0.15) is 1.43 Å². The average molecular weight is 111 g/mol. The molecule has 0 atom stereocenters. The van der Waals surface area contributed by atoms with Gasteiger partial charge in [-0.05, 0) is 0 Å². The molecule has 0 aliphatic heterocycles. The van der Waals surface area contributed by atoms with E-state index in [0.29, 0.717) is 0 Å². The van der Waals surface area contributed by atoms with Crippen molar-refractivity contribution in [1.29, 1.82) is 0 Å². The van der Waals surface area contributed by atoms with E-state index in [2.05, 4.69) is 0 Å². The van der Waals surface area contributed by atoms with Crippen molar-refractivity contribution in [1.82, 2.24) is 0 Å². The normalized spacial score (nSPS) is 4.20. The van der Waals surface area contributed by atoms with Gasteiger partial charge in [-0.2, -0.15) is 0 Å². The van der Waals surface area contributed by atoms with Gasteiger partial charge in [0.25, 0.3) is 0 Å². The molecule has 20 valence electrons. The molecule has 2 nitrogen and oxygen atoms in total. The molecule has 0 saturated heterocycles. The molecular weight excluding hydrogens is 109 g/mol. The minimum atomic E-state index is -0.833. The molecule has 0 spiro atoms. The van der Waals surface area contributed by atoms with Crippen LogP contribution in [0.15, 0.2) is 0 Å². The molecule has 0 aliphatic rings. The third-order valence-corrected chi connectivity index (χ3v) is 0. The van der Waals surface area contributed by atoms with Gasteiger partial charge in [-0.25, -0.2) is 4.57 Å². The number of hydrogen-bond donors (Lipinski definition) is 1. The van der Waals surface area contributed by atoms with Crippen molar-refractivity contribution >= 4 is 8.69 Å². The zero-order valence-electron chi connectivity index (χ0n) is 4.30. The topological polar surface area (TPSA) is 37.3 Å². The van der Waals surface area contributed by atoms with E-state index >= 15 is 0 Å². The van der Waals surface area contributed by atoms with E-state index in [1.54, 1.807) is 0 Å². The first-order chi connectivity index (χ1) is 1.41. The SMILES string of the molecule is O=PO.[H-].[Na+].[Na+]. The Bertz CT molecular complexity index is 19.0. The van der Waals surface area contributed by atoms with E-state index in [1.807, 2.05) is 0 Å². The largest absolute Gasteiger partial charge is 1.00 e. The molecule has 0 aromatic heterocycles. The Kier molecular flexibility index (Phi) is 52.1.